The number of benzene rings is 1. The van der Waals surface area contributed by atoms with Gasteiger partial charge in [-0.25, -0.2) is 0 Å². The number of carbonyl (C=O) groups excluding carboxylic acids is 1. The van der Waals surface area contributed by atoms with Gasteiger partial charge in [0, 0.05) is 38.4 Å². The third-order valence-electron chi connectivity index (χ3n) is 4.46. The summed E-state index contributed by atoms with van der Waals surface area (Å²) in [4.78, 5) is 37.3. The Labute approximate surface area is 164 Å². The molecule has 0 fully saturated rings. The molecule has 0 aliphatic heterocycles. The zero-order valence-corrected chi connectivity index (χ0v) is 16.5. The third-order valence-corrected chi connectivity index (χ3v) is 4.46. The number of aromatic nitrogens is 1. The maximum absolute atomic E-state index is 13.1. The van der Waals surface area contributed by atoms with Crippen LogP contribution in [0.5, 0.6) is 0 Å². The fraction of sp³-hybridized carbons (Fsp3) is 0.318. The van der Waals surface area contributed by atoms with Crippen LogP contribution in [0.25, 0.3) is 6.08 Å². The SMILES string of the molecule is Cc1cn(Cc2ccccc2)c(=O)c(CCCC(=O)O)c1C=CC(=O)N(C)C. The first-order valence-electron chi connectivity index (χ1n) is 9.17. The van der Waals surface area contributed by atoms with Crippen molar-refractivity contribution in [1.82, 2.24) is 9.47 Å². The van der Waals surface area contributed by atoms with Crippen LogP contribution in [0.1, 0.15) is 35.1 Å². The number of hydrogen-bond donors (Lipinski definition) is 1. The van der Waals surface area contributed by atoms with Crippen LogP contribution in [-0.4, -0.2) is 40.5 Å². The lowest BCUT2D eigenvalue weighted by Crippen LogP contribution is -2.26. The molecule has 0 saturated carbocycles. The maximum Gasteiger partial charge on any atom is 0.303 e. The predicted octanol–water partition coefficient (Wildman–Crippen LogP) is 2.71. The first kappa shape index (κ1) is 21.2. The van der Waals surface area contributed by atoms with Gasteiger partial charge in [0.05, 0.1) is 6.54 Å². The molecule has 1 amide bonds. The van der Waals surface area contributed by atoms with E-state index < -0.39 is 5.97 Å². The van der Waals surface area contributed by atoms with Gasteiger partial charge in [0.25, 0.3) is 5.56 Å². The van der Waals surface area contributed by atoms with Crippen LogP contribution < -0.4 is 5.56 Å². The average molecular weight is 382 g/mol. The normalized spacial score (nSPS) is 11.0. The first-order chi connectivity index (χ1) is 13.3. The fourth-order valence-electron chi connectivity index (χ4n) is 2.98. The minimum Gasteiger partial charge on any atom is -0.481 e. The van der Waals surface area contributed by atoms with Crippen LogP contribution in [0.15, 0.2) is 47.4 Å². The summed E-state index contributed by atoms with van der Waals surface area (Å²) in [5.41, 5.74) is 2.95. The lowest BCUT2D eigenvalue weighted by Gasteiger charge is -2.15. The molecule has 0 saturated heterocycles. The second-order valence-electron chi connectivity index (χ2n) is 6.94. The second kappa shape index (κ2) is 9.69. The molecule has 2 aromatic rings. The minimum atomic E-state index is -0.892. The Balaban J connectivity index is 2.45. The summed E-state index contributed by atoms with van der Waals surface area (Å²) in [6.45, 7) is 2.33. The van der Waals surface area contributed by atoms with Crippen LogP contribution in [0.4, 0.5) is 0 Å². The van der Waals surface area contributed by atoms with E-state index in [0.717, 1.165) is 11.1 Å². The van der Waals surface area contributed by atoms with Crippen LogP contribution in [0, 0.1) is 6.92 Å². The molecule has 1 heterocycles. The molecule has 0 radical (unpaired) electrons. The summed E-state index contributed by atoms with van der Waals surface area (Å²) in [5.74, 6) is -1.07. The van der Waals surface area contributed by atoms with Gasteiger partial charge in [-0.05, 0) is 42.5 Å². The van der Waals surface area contributed by atoms with E-state index in [2.05, 4.69) is 0 Å². The largest absolute Gasteiger partial charge is 0.481 e. The van der Waals surface area contributed by atoms with E-state index in [1.165, 1.54) is 11.0 Å². The van der Waals surface area contributed by atoms with E-state index in [1.54, 1.807) is 30.9 Å². The van der Waals surface area contributed by atoms with Crippen LogP contribution >= 0.6 is 0 Å². The van der Waals surface area contributed by atoms with E-state index in [0.29, 0.717) is 30.5 Å². The molecule has 0 aliphatic rings. The number of carbonyl (C=O) groups is 2. The van der Waals surface area contributed by atoms with Gasteiger partial charge < -0.3 is 14.6 Å². The van der Waals surface area contributed by atoms with Gasteiger partial charge in [0.1, 0.15) is 0 Å². The summed E-state index contributed by atoms with van der Waals surface area (Å²) in [6.07, 6.45) is 5.58. The van der Waals surface area contributed by atoms with Gasteiger partial charge in [0.2, 0.25) is 5.91 Å². The zero-order chi connectivity index (χ0) is 20.7. The van der Waals surface area contributed by atoms with Gasteiger partial charge in [-0.1, -0.05) is 30.3 Å². The zero-order valence-electron chi connectivity index (χ0n) is 16.5. The molecule has 1 aromatic heterocycles. The minimum absolute atomic E-state index is 0.00809. The summed E-state index contributed by atoms with van der Waals surface area (Å²) < 4.78 is 1.64. The Kier molecular flexibility index (Phi) is 7.32. The van der Waals surface area contributed by atoms with Crippen LogP contribution in [0.2, 0.25) is 0 Å². The Hall–Kier alpha value is -3.15. The number of aliphatic carboxylic acids is 1. The van der Waals surface area contributed by atoms with Gasteiger partial charge in [0.15, 0.2) is 0 Å². The number of nitrogens with zero attached hydrogens (tertiary/aromatic N) is 2. The number of carboxylic acids is 1. The highest BCUT2D eigenvalue weighted by Gasteiger charge is 2.13. The van der Waals surface area contributed by atoms with E-state index in [-0.39, 0.29) is 17.9 Å². The van der Waals surface area contributed by atoms with Gasteiger partial charge in [-0.15, -0.1) is 0 Å². The molecule has 1 N–H and O–H groups in total. The molecule has 6 heteroatoms. The molecule has 0 spiro atoms. The van der Waals surface area contributed by atoms with Crippen LogP contribution in [-0.2, 0) is 22.6 Å². The Morgan fingerprint density at radius 3 is 2.46 bits per heavy atom. The number of pyridine rings is 1. The van der Waals surface area contributed by atoms with E-state index in [4.69, 9.17) is 5.11 Å². The molecule has 2 rings (SSSR count). The third kappa shape index (κ3) is 5.67. The quantitative estimate of drug-likeness (QED) is 0.712. The molecule has 28 heavy (non-hydrogen) atoms. The maximum atomic E-state index is 13.1. The van der Waals surface area contributed by atoms with Crippen LogP contribution in [0.3, 0.4) is 0 Å². The summed E-state index contributed by atoms with van der Waals surface area (Å²) in [7, 11) is 3.32. The monoisotopic (exact) mass is 382 g/mol. The van der Waals surface area contributed by atoms with Crippen molar-refractivity contribution in [3.05, 3.63) is 75.2 Å². The first-order valence-corrected chi connectivity index (χ1v) is 9.17. The molecular formula is C22H26N2O4. The van der Waals surface area contributed by atoms with Crippen molar-refractivity contribution in [3.8, 4) is 0 Å². The van der Waals surface area contributed by atoms with Gasteiger partial charge in [-0.3, -0.25) is 14.4 Å². The van der Waals surface area contributed by atoms with Crippen molar-refractivity contribution in [3.63, 3.8) is 0 Å². The number of carboxylic acid groups (broad SMARTS) is 1. The van der Waals surface area contributed by atoms with Crippen molar-refractivity contribution in [1.29, 1.82) is 0 Å². The average Bonchev–Trinajstić information content (AvgIpc) is 2.65. The van der Waals surface area contributed by atoms with Crippen molar-refractivity contribution in [2.24, 2.45) is 0 Å². The highest BCUT2D eigenvalue weighted by atomic mass is 16.4. The Bertz CT molecular complexity index is 928. The number of rotatable bonds is 8. The predicted molar refractivity (Wildman–Crippen MR) is 109 cm³/mol. The smallest absolute Gasteiger partial charge is 0.303 e. The van der Waals surface area contributed by atoms with Gasteiger partial charge >= 0.3 is 5.97 Å². The van der Waals surface area contributed by atoms with Crippen molar-refractivity contribution < 1.29 is 14.7 Å². The van der Waals surface area contributed by atoms with Gasteiger partial charge in [-0.2, -0.15) is 0 Å². The number of hydrogen-bond acceptors (Lipinski definition) is 3. The molecule has 1 aromatic carbocycles. The summed E-state index contributed by atoms with van der Waals surface area (Å²) in [5, 5.41) is 8.92. The summed E-state index contributed by atoms with van der Waals surface area (Å²) >= 11 is 0. The highest BCUT2D eigenvalue weighted by molar-refractivity contribution is 5.91. The summed E-state index contributed by atoms with van der Waals surface area (Å²) in [6, 6.07) is 9.67. The van der Waals surface area contributed by atoms with E-state index in [1.807, 2.05) is 37.3 Å². The highest BCUT2D eigenvalue weighted by Crippen LogP contribution is 2.16. The van der Waals surface area contributed by atoms with Crippen molar-refractivity contribution >= 4 is 18.0 Å². The standard InChI is InChI=1S/C22H26N2O4/c1-16-14-24(15-17-8-5-4-6-9-17)22(28)19(10-7-11-21(26)27)18(16)12-13-20(25)23(2)3/h4-6,8-9,12-14H,7,10-11,15H2,1-3H3,(H,26,27). The Morgan fingerprint density at radius 1 is 1.18 bits per heavy atom. The number of aryl methyl sites for hydroxylation is 1. The van der Waals surface area contributed by atoms with Crippen molar-refractivity contribution in [2.45, 2.75) is 32.7 Å². The molecule has 0 aliphatic carbocycles. The van der Waals surface area contributed by atoms with E-state index >= 15 is 0 Å². The topological polar surface area (TPSA) is 79.6 Å². The second-order valence-corrected chi connectivity index (χ2v) is 6.94. The molecule has 0 bridgehead atoms. The molecule has 0 unspecified atom stereocenters. The number of amides is 1. The Morgan fingerprint density at radius 2 is 1.86 bits per heavy atom. The molecular weight excluding hydrogens is 356 g/mol. The van der Waals surface area contributed by atoms with Crippen molar-refractivity contribution in [2.75, 3.05) is 14.1 Å². The fourth-order valence-corrected chi connectivity index (χ4v) is 2.98. The molecule has 0 atom stereocenters. The molecule has 148 valence electrons. The lowest BCUT2D eigenvalue weighted by atomic mass is 9.99. The number of likely N-dealkylation sites (N-methyl/N-ethyl adjacent to an activating group) is 1. The molecule has 6 nitrogen and oxygen atoms in total. The lowest BCUT2D eigenvalue weighted by molar-refractivity contribution is -0.137. The van der Waals surface area contributed by atoms with E-state index in [9.17, 15) is 14.4 Å².